The van der Waals surface area contributed by atoms with Gasteiger partial charge in [-0.3, -0.25) is 0 Å². The molecule has 25 heavy (non-hydrogen) atoms. The van der Waals surface area contributed by atoms with Crippen LogP contribution in [0.25, 0.3) is 10.4 Å². The smallest absolute Gasteiger partial charge is 0.0467 e. The van der Waals surface area contributed by atoms with Gasteiger partial charge in [-0.1, -0.05) is 108 Å². The summed E-state index contributed by atoms with van der Waals surface area (Å²) < 4.78 is 5.52. The number of rotatable bonds is 21. The highest BCUT2D eigenvalue weighted by Gasteiger charge is 1.95. The second-order valence-corrected chi connectivity index (χ2v) is 7.22. The highest BCUT2D eigenvalue weighted by molar-refractivity contribution is 4.50. The van der Waals surface area contributed by atoms with Crippen LogP contribution in [0.5, 0.6) is 0 Å². The zero-order chi connectivity index (χ0) is 18.3. The SMILES string of the molecule is CCCCCCCCCCCCCCCCCCOCCCN=[N+]=[N-]. The predicted molar refractivity (Wildman–Crippen MR) is 109 cm³/mol. The van der Waals surface area contributed by atoms with Crippen LogP contribution in [0, 0.1) is 0 Å². The van der Waals surface area contributed by atoms with E-state index in [1.54, 1.807) is 0 Å². The van der Waals surface area contributed by atoms with Crippen molar-refractivity contribution in [1.29, 1.82) is 0 Å². The molecule has 4 heteroatoms. The molecule has 0 saturated heterocycles. The fraction of sp³-hybridized carbons (Fsp3) is 1.00. The Morgan fingerprint density at radius 2 is 1.00 bits per heavy atom. The van der Waals surface area contributed by atoms with Gasteiger partial charge in [0.2, 0.25) is 0 Å². The fourth-order valence-corrected chi connectivity index (χ4v) is 3.14. The van der Waals surface area contributed by atoms with Crippen molar-refractivity contribution in [1.82, 2.24) is 0 Å². The fourth-order valence-electron chi connectivity index (χ4n) is 3.14. The topological polar surface area (TPSA) is 58.0 Å². The van der Waals surface area contributed by atoms with E-state index in [1.165, 1.54) is 103 Å². The molecule has 0 fully saturated rings. The lowest BCUT2D eigenvalue weighted by molar-refractivity contribution is 0.129. The number of nitrogens with zero attached hydrogens (tertiary/aromatic N) is 3. The van der Waals surface area contributed by atoms with E-state index in [1.807, 2.05) is 0 Å². The van der Waals surface area contributed by atoms with Crippen molar-refractivity contribution < 1.29 is 4.74 Å². The van der Waals surface area contributed by atoms with Crippen molar-refractivity contribution in [2.75, 3.05) is 19.8 Å². The molecule has 0 aliphatic heterocycles. The van der Waals surface area contributed by atoms with E-state index >= 15 is 0 Å². The molecule has 0 rings (SSSR count). The molecule has 0 radical (unpaired) electrons. The number of unbranched alkanes of at least 4 members (excludes halogenated alkanes) is 15. The maximum absolute atomic E-state index is 8.14. The Kier molecular flexibility index (Phi) is 22.6. The van der Waals surface area contributed by atoms with E-state index in [4.69, 9.17) is 10.3 Å². The first kappa shape index (κ1) is 24.3. The molecule has 0 heterocycles. The van der Waals surface area contributed by atoms with E-state index < -0.39 is 0 Å². The van der Waals surface area contributed by atoms with Crippen LogP contribution in [0.1, 0.15) is 116 Å². The molecule has 0 aliphatic rings. The van der Waals surface area contributed by atoms with Gasteiger partial charge in [0.05, 0.1) is 0 Å². The summed E-state index contributed by atoms with van der Waals surface area (Å²) in [6, 6.07) is 0. The second kappa shape index (κ2) is 23.3. The summed E-state index contributed by atoms with van der Waals surface area (Å²) in [4.78, 5) is 2.72. The second-order valence-electron chi connectivity index (χ2n) is 7.22. The Balaban J connectivity index is 2.97. The summed E-state index contributed by atoms with van der Waals surface area (Å²) in [5.41, 5.74) is 8.14. The van der Waals surface area contributed by atoms with Crippen LogP contribution in [0.2, 0.25) is 0 Å². The zero-order valence-corrected chi connectivity index (χ0v) is 16.9. The van der Waals surface area contributed by atoms with Crippen molar-refractivity contribution >= 4 is 0 Å². The molecule has 4 nitrogen and oxygen atoms in total. The molecule has 0 N–H and O–H groups in total. The summed E-state index contributed by atoms with van der Waals surface area (Å²) in [5.74, 6) is 0. The summed E-state index contributed by atoms with van der Waals surface area (Å²) >= 11 is 0. The molecule has 0 aromatic carbocycles. The first-order valence-electron chi connectivity index (χ1n) is 11.0. The summed E-state index contributed by atoms with van der Waals surface area (Å²) in [5, 5.41) is 3.49. The minimum Gasteiger partial charge on any atom is -0.381 e. The Morgan fingerprint density at radius 3 is 1.44 bits per heavy atom. The molecular weight excluding hydrogens is 310 g/mol. The van der Waals surface area contributed by atoms with Gasteiger partial charge in [0.25, 0.3) is 0 Å². The minimum atomic E-state index is 0.551. The van der Waals surface area contributed by atoms with Crippen LogP contribution >= 0.6 is 0 Å². The van der Waals surface area contributed by atoms with Crippen molar-refractivity contribution in [3.05, 3.63) is 10.4 Å². The lowest BCUT2D eigenvalue weighted by atomic mass is 10.0. The lowest BCUT2D eigenvalue weighted by Crippen LogP contribution is -1.98. The zero-order valence-electron chi connectivity index (χ0n) is 16.9. The Labute approximate surface area is 156 Å². The normalized spacial score (nSPS) is 10.8. The molecule has 0 saturated carbocycles. The minimum absolute atomic E-state index is 0.551. The van der Waals surface area contributed by atoms with Gasteiger partial charge in [0.1, 0.15) is 0 Å². The summed E-state index contributed by atoms with van der Waals surface area (Å²) in [7, 11) is 0. The van der Waals surface area contributed by atoms with Gasteiger partial charge in [-0.05, 0) is 18.4 Å². The van der Waals surface area contributed by atoms with Gasteiger partial charge in [-0.25, -0.2) is 0 Å². The Hall–Kier alpha value is -0.730. The molecule has 0 aromatic rings. The third-order valence-electron chi connectivity index (χ3n) is 4.75. The third kappa shape index (κ3) is 23.3. The van der Waals surface area contributed by atoms with Crippen LogP contribution in [-0.2, 0) is 4.74 Å². The third-order valence-corrected chi connectivity index (χ3v) is 4.75. The molecule has 0 aliphatic carbocycles. The van der Waals surface area contributed by atoms with Crippen molar-refractivity contribution in [3.63, 3.8) is 0 Å². The first-order chi connectivity index (χ1) is 12.4. The van der Waals surface area contributed by atoms with E-state index in [-0.39, 0.29) is 0 Å². The van der Waals surface area contributed by atoms with Crippen molar-refractivity contribution in [3.8, 4) is 0 Å². The van der Waals surface area contributed by atoms with Gasteiger partial charge < -0.3 is 4.74 Å². The van der Waals surface area contributed by atoms with Crippen LogP contribution < -0.4 is 0 Å². The highest BCUT2D eigenvalue weighted by Crippen LogP contribution is 2.13. The van der Waals surface area contributed by atoms with Gasteiger partial charge >= 0.3 is 0 Å². The Bertz CT molecular complexity index is 291. The number of hydrogen-bond donors (Lipinski definition) is 0. The predicted octanol–water partition coefficient (Wildman–Crippen LogP) is 7.96. The van der Waals surface area contributed by atoms with Gasteiger partial charge in [-0.2, -0.15) is 0 Å². The molecule has 0 unspecified atom stereocenters. The molecule has 148 valence electrons. The van der Waals surface area contributed by atoms with Gasteiger partial charge in [0.15, 0.2) is 0 Å². The molecule has 0 atom stereocenters. The van der Waals surface area contributed by atoms with Crippen LogP contribution in [0.3, 0.4) is 0 Å². The van der Waals surface area contributed by atoms with Gasteiger partial charge in [-0.15, -0.1) is 0 Å². The quantitative estimate of drug-likeness (QED) is 0.0893. The lowest BCUT2D eigenvalue weighted by Gasteiger charge is -2.04. The first-order valence-corrected chi connectivity index (χ1v) is 11.0. The molecular formula is C21H43N3O. The molecule has 0 spiro atoms. The van der Waals surface area contributed by atoms with Crippen LogP contribution in [0.15, 0.2) is 5.11 Å². The Morgan fingerprint density at radius 1 is 0.600 bits per heavy atom. The largest absolute Gasteiger partial charge is 0.381 e. The number of hydrogen-bond acceptors (Lipinski definition) is 2. The van der Waals surface area contributed by atoms with E-state index in [0.717, 1.165) is 19.6 Å². The van der Waals surface area contributed by atoms with E-state index in [2.05, 4.69) is 16.9 Å². The highest BCUT2D eigenvalue weighted by atomic mass is 16.5. The van der Waals surface area contributed by atoms with Gasteiger partial charge in [0, 0.05) is 24.7 Å². The summed E-state index contributed by atoms with van der Waals surface area (Å²) in [6.07, 6.45) is 23.2. The van der Waals surface area contributed by atoms with Crippen LogP contribution in [0.4, 0.5) is 0 Å². The number of ether oxygens (including phenoxy) is 1. The average molecular weight is 354 g/mol. The summed E-state index contributed by atoms with van der Waals surface area (Å²) in [6.45, 7) is 4.41. The van der Waals surface area contributed by atoms with Crippen molar-refractivity contribution in [2.45, 2.75) is 116 Å². The van der Waals surface area contributed by atoms with Crippen LogP contribution in [-0.4, -0.2) is 19.8 Å². The average Bonchev–Trinajstić information content (AvgIpc) is 2.63. The van der Waals surface area contributed by atoms with E-state index in [9.17, 15) is 0 Å². The monoisotopic (exact) mass is 353 g/mol. The molecule has 0 bridgehead atoms. The maximum Gasteiger partial charge on any atom is 0.0467 e. The molecule has 0 aromatic heterocycles. The van der Waals surface area contributed by atoms with E-state index in [0.29, 0.717) is 6.54 Å². The maximum atomic E-state index is 8.14. The van der Waals surface area contributed by atoms with Crippen molar-refractivity contribution in [2.24, 2.45) is 5.11 Å². The standard InChI is InChI=1S/C21H43N3O/c1-2-3-4-5-6-7-8-9-10-11-12-13-14-15-16-17-20-25-21-18-19-23-24-22/h2-21H2,1H3. The number of azide groups is 1. The molecule has 0 amide bonds.